The highest BCUT2D eigenvalue weighted by Crippen LogP contribution is 2.33. The third kappa shape index (κ3) is 4.21. The van der Waals surface area contributed by atoms with Gasteiger partial charge in [0.05, 0.1) is 27.7 Å². The maximum atomic E-state index is 13.4. The summed E-state index contributed by atoms with van der Waals surface area (Å²) in [5, 5.41) is 2.90. The second-order valence-electron chi connectivity index (χ2n) is 6.54. The summed E-state index contributed by atoms with van der Waals surface area (Å²) < 4.78 is 22.9. The number of carbonyl (C=O) groups excluding carboxylic acids is 1. The van der Waals surface area contributed by atoms with Crippen LogP contribution in [0.2, 0.25) is 0 Å². The van der Waals surface area contributed by atoms with Crippen molar-refractivity contribution in [1.82, 2.24) is 9.88 Å². The average molecular weight is 473 g/mol. The average Bonchev–Trinajstić information content (AvgIpc) is 3.23. The van der Waals surface area contributed by atoms with Crippen LogP contribution in [-0.4, -0.2) is 17.6 Å². The number of hydrogen-bond donors (Lipinski definition) is 1. The summed E-state index contributed by atoms with van der Waals surface area (Å²) in [5.74, 6) is 0.250. The third-order valence-electron chi connectivity index (χ3n) is 4.66. The monoisotopic (exact) mass is 472 g/mol. The lowest BCUT2D eigenvalue weighted by Crippen LogP contribution is -2.25. The minimum absolute atomic E-state index is 0.205. The number of thiophene rings is 1. The topological polar surface area (TPSA) is 43.3 Å². The van der Waals surface area contributed by atoms with Gasteiger partial charge in [0.2, 0.25) is 0 Å². The van der Waals surface area contributed by atoms with Crippen molar-refractivity contribution in [1.29, 1.82) is 0 Å². The number of para-hydroxylation sites is 1. The van der Waals surface area contributed by atoms with Gasteiger partial charge in [-0.1, -0.05) is 30.3 Å². The molecule has 1 amide bonds. The Hall–Kier alpha value is -2.64. The Bertz CT molecular complexity index is 1180. The summed E-state index contributed by atoms with van der Waals surface area (Å²) in [4.78, 5) is 13.0. The molecule has 0 aliphatic carbocycles. The van der Waals surface area contributed by atoms with Gasteiger partial charge >= 0.3 is 0 Å². The van der Waals surface area contributed by atoms with Gasteiger partial charge in [0.15, 0.2) is 0 Å². The number of benzene rings is 2. The first kappa shape index (κ1) is 19.7. The highest BCUT2D eigenvalue weighted by molar-refractivity contribution is 9.11. The van der Waals surface area contributed by atoms with Crippen LogP contribution in [0, 0.1) is 5.82 Å². The van der Waals surface area contributed by atoms with Gasteiger partial charge in [0.25, 0.3) is 5.91 Å². The third-order valence-corrected chi connectivity index (χ3v) is 6.23. The predicted octanol–water partition coefficient (Wildman–Crippen LogP) is 5.59. The summed E-state index contributed by atoms with van der Waals surface area (Å²) in [7, 11) is 1.64. The first-order chi connectivity index (χ1) is 14.0. The predicted molar refractivity (Wildman–Crippen MR) is 117 cm³/mol. The van der Waals surface area contributed by atoms with Crippen LogP contribution < -0.4 is 10.1 Å². The summed E-state index contributed by atoms with van der Waals surface area (Å²) in [6.45, 7) is 0.757. The molecule has 148 valence electrons. The van der Waals surface area contributed by atoms with E-state index in [0.717, 1.165) is 25.3 Å². The van der Waals surface area contributed by atoms with Crippen LogP contribution in [-0.2, 0) is 13.1 Å². The van der Waals surface area contributed by atoms with E-state index in [2.05, 4.69) is 21.2 Å². The minimum atomic E-state index is -0.318. The number of nitrogens with zero attached hydrogens (tertiary/aromatic N) is 1. The largest absolute Gasteiger partial charge is 0.496 e. The number of methoxy groups -OCH3 is 1. The number of ether oxygens (including phenoxy) is 1. The molecule has 7 heteroatoms. The zero-order chi connectivity index (χ0) is 20.4. The summed E-state index contributed by atoms with van der Waals surface area (Å²) >= 11 is 5.10. The Morgan fingerprint density at radius 2 is 2.00 bits per heavy atom. The Kier molecular flexibility index (Phi) is 5.69. The molecule has 0 aliphatic heterocycles. The van der Waals surface area contributed by atoms with E-state index >= 15 is 0 Å². The second kappa shape index (κ2) is 8.39. The van der Waals surface area contributed by atoms with Crippen LogP contribution in [0.25, 0.3) is 10.2 Å². The first-order valence-corrected chi connectivity index (χ1v) is 10.6. The van der Waals surface area contributed by atoms with Crippen molar-refractivity contribution >= 4 is 43.4 Å². The van der Waals surface area contributed by atoms with E-state index < -0.39 is 0 Å². The van der Waals surface area contributed by atoms with Crippen LogP contribution in [0.3, 0.4) is 0 Å². The highest BCUT2D eigenvalue weighted by Gasteiger charge is 2.19. The fourth-order valence-corrected chi connectivity index (χ4v) is 4.86. The van der Waals surface area contributed by atoms with Crippen LogP contribution in [0.4, 0.5) is 4.39 Å². The summed E-state index contributed by atoms with van der Waals surface area (Å²) in [6, 6.07) is 17.9. The van der Waals surface area contributed by atoms with Crippen molar-refractivity contribution in [3.63, 3.8) is 0 Å². The molecule has 0 atom stereocenters. The van der Waals surface area contributed by atoms with Crippen molar-refractivity contribution in [2.45, 2.75) is 13.1 Å². The SMILES string of the molecule is COc1ccccc1Cn1c(C(=O)NCc2cccc(F)c2)cc2sc(Br)cc21. The lowest BCUT2D eigenvalue weighted by molar-refractivity contribution is 0.0942. The number of halogens is 2. The number of nitrogens with one attached hydrogen (secondary N) is 1. The lowest BCUT2D eigenvalue weighted by atomic mass is 10.2. The number of aromatic nitrogens is 1. The van der Waals surface area contributed by atoms with E-state index in [9.17, 15) is 9.18 Å². The first-order valence-electron chi connectivity index (χ1n) is 8.98. The van der Waals surface area contributed by atoms with Gasteiger partial charge in [-0.15, -0.1) is 11.3 Å². The number of hydrogen-bond acceptors (Lipinski definition) is 3. The number of fused-ring (bicyclic) bond motifs is 1. The van der Waals surface area contributed by atoms with Crippen molar-refractivity contribution in [2.24, 2.45) is 0 Å². The molecular weight excluding hydrogens is 455 g/mol. The lowest BCUT2D eigenvalue weighted by Gasteiger charge is -2.13. The fraction of sp³-hybridized carbons (Fsp3) is 0.136. The molecule has 2 heterocycles. The fourth-order valence-electron chi connectivity index (χ4n) is 3.29. The van der Waals surface area contributed by atoms with E-state index in [4.69, 9.17) is 4.74 Å². The maximum Gasteiger partial charge on any atom is 0.268 e. The Morgan fingerprint density at radius 3 is 2.79 bits per heavy atom. The molecule has 4 nitrogen and oxygen atoms in total. The van der Waals surface area contributed by atoms with Gasteiger partial charge in [-0.25, -0.2) is 4.39 Å². The van der Waals surface area contributed by atoms with Crippen LogP contribution in [0.5, 0.6) is 5.75 Å². The van der Waals surface area contributed by atoms with Crippen LogP contribution >= 0.6 is 27.3 Å². The highest BCUT2D eigenvalue weighted by atomic mass is 79.9. The van der Waals surface area contributed by atoms with Crippen LogP contribution in [0.1, 0.15) is 21.6 Å². The molecule has 29 heavy (non-hydrogen) atoms. The Morgan fingerprint density at radius 1 is 1.17 bits per heavy atom. The molecular formula is C22H18BrFN2O2S. The van der Waals surface area contributed by atoms with Gasteiger partial charge in [0.1, 0.15) is 17.3 Å². The Balaban J connectivity index is 1.65. The standard InChI is InChI=1S/C22H18BrFN2O2S/c1-28-19-8-3-2-6-15(19)13-26-17-11-21(23)29-20(17)10-18(26)22(27)25-12-14-5-4-7-16(24)9-14/h2-11H,12-13H2,1H3,(H,25,27). The normalized spacial score (nSPS) is 11.0. The van der Waals surface area contributed by atoms with Gasteiger partial charge in [-0.2, -0.15) is 0 Å². The molecule has 0 saturated carbocycles. The van der Waals surface area contributed by atoms with Gasteiger partial charge in [-0.05, 0) is 51.8 Å². The molecule has 0 bridgehead atoms. The molecule has 1 N–H and O–H groups in total. The van der Waals surface area contributed by atoms with Crippen molar-refractivity contribution in [3.8, 4) is 5.75 Å². The van der Waals surface area contributed by atoms with Crippen molar-refractivity contribution < 1.29 is 13.9 Å². The summed E-state index contributed by atoms with van der Waals surface area (Å²) in [6.07, 6.45) is 0. The maximum absolute atomic E-state index is 13.4. The molecule has 0 radical (unpaired) electrons. The Labute approximate surface area is 180 Å². The zero-order valence-corrected chi connectivity index (χ0v) is 18.0. The van der Waals surface area contributed by atoms with E-state index in [1.165, 1.54) is 12.1 Å². The molecule has 2 aromatic carbocycles. The van der Waals surface area contributed by atoms with E-state index in [1.54, 1.807) is 30.6 Å². The minimum Gasteiger partial charge on any atom is -0.496 e. The molecule has 0 fully saturated rings. The van der Waals surface area contributed by atoms with Gasteiger partial charge in [0, 0.05) is 12.1 Å². The molecule has 2 aromatic heterocycles. The van der Waals surface area contributed by atoms with E-state index in [1.807, 2.05) is 41.0 Å². The smallest absolute Gasteiger partial charge is 0.268 e. The molecule has 0 saturated heterocycles. The molecule has 4 rings (SSSR count). The van der Waals surface area contributed by atoms with Crippen molar-refractivity contribution in [2.75, 3.05) is 7.11 Å². The number of rotatable bonds is 6. The van der Waals surface area contributed by atoms with Crippen LogP contribution in [0.15, 0.2) is 64.5 Å². The quantitative estimate of drug-likeness (QED) is 0.397. The van der Waals surface area contributed by atoms with E-state index in [-0.39, 0.29) is 18.3 Å². The number of carbonyl (C=O) groups is 1. The molecule has 0 aliphatic rings. The van der Waals surface area contributed by atoms with E-state index in [0.29, 0.717) is 17.8 Å². The van der Waals surface area contributed by atoms with Gasteiger partial charge in [-0.3, -0.25) is 4.79 Å². The van der Waals surface area contributed by atoms with Crippen molar-refractivity contribution in [3.05, 3.63) is 87.1 Å². The number of amides is 1. The summed E-state index contributed by atoms with van der Waals surface area (Å²) in [5.41, 5.74) is 3.23. The molecule has 4 aromatic rings. The molecule has 0 spiro atoms. The second-order valence-corrected chi connectivity index (χ2v) is 9.00. The zero-order valence-electron chi connectivity index (χ0n) is 15.6. The molecule has 0 unspecified atom stereocenters. The van der Waals surface area contributed by atoms with Gasteiger partial charge < -0.3 is 14.6 Å².